The molecule has 0 aromatic heterocycles. The number of phenols is 2. The Morgan fingerprint density at radius 3 is 1.65 bits per heavy atom. The summed E-state index contributed by atoms with van der Waals surface area (Å²) in [6, 6.07) is 12.5. The van der Waals surface area contributed by atoms with E-state index in [-0.39, 0.29) is 30.9 Å². The third-order valence-electron chi connectivity index (χ3n) is 7.81. The molecule has 1 aliphatic heterocycles. The first-order chi connectivity index (χ1) is 17.2. The maximum absolute atomic E-state index is 14.4. The fourth-order valence-electron chi connectivity index (χ4n) is 5.31. The molecule has 0 amide bonds. The number of carbonyl (C=O) groups excluding carboxylic acids is 1. The first kappa shape index (κ1) is 27.1. The molecule has 0 unspecified atom stereocenters. The van der Waals surface area contributed by atoms with Crippen LogP contribution in [0.5, 0.6) is 11.5 Å². The minimum Gasteiger partial charge on any atom is -0.508 e. The van der Waals surface area contributed by atoms with Crippen molar-refractivity contribution in [1.82, 2.24) is 0 Å². The number of rotatable bonds is 6. The van der Waals surface area contributed by atoms with E-state index in [9.17, 15) is 35.4 Å². The molecule has 10 heteroatoms. The number of hydrogen-bond acceptors (Lipinski definition) is 10. The van der Waals surface area contributed by atoms with E-state index in [0.717, 1.165) is 28.1 Å². The van der Waals surface area contributed by atoms with E-state index in [1.807, 2.05) is 0 Å². The van der Waals surface area contributed by atoms with Gasteiger partial charge in [0.05, 0.1) is 16.4 Å². The minimum absolute atomic E-state index is 0.0403. The van der Waals surface area contributed by atoms with Crippen LogP contribution in [0.2, 0.25) is 0 Å². The molecule has 0 spiro atoms. The molecular formula is C27H32O10. The summed E-state index contributed by atoms with van der Waals surface area (Å²) in [4.78, 5) is 14.4. The van der Waals surface area contributed by atoms with Gasteiger partial charge in [0.1, 0.15) is 18.1 Å². The number of phenolic OH excluding ortho intramolecular Hbond substituents is 2. The number of Topliss-reactive ketones (excluding diaryl/α,β-unsaturated/α-hetero) is 1. The number of aliphatic hydroxyl groups is 4. The minimum atomic E-state index is -3.07. The molecule has 4 rings (SSSR count). The Labute approximate surface area is 214 Å². The first-order valence-electron chi connectivity index (χ1n) is 11.7. The summed E-state index contributed by atoms with van der Waals surface area (Å²) in [6.45, 7) is 2.02. The highest BCUT2D eigenvalue weighted by Gasteiger charge is 2.77. The molecule has 6 N–H and O–H groups in total. The molecule has 37 heavy (non-hydrogen) atoms. The van der Waals surface area contributed by atoms with E-state index in [1.54, 1.807) is 24.3 Å². The molecule has 0 atom stereocenters. The largest absolute Gasteiger partial charge is 0.508 e. The normalized spacial score (nSPS) is 22.8. The number of methoxy groups -OCH3 is 2. The van der Waals surface area contributed by atoms with Crippen LogP contribution in [0.3, 0.4) is 0 Å². The van der Waals surface area contributed by atoms with Gasteiger partial charge in [-0.05, 0) is 62.1 Å². The van der Waals surface area contributed by atoms with Crippen molar-refractivity contribution in [2.24, 2.45) is 10.8 Å². The summed E-state index contributed by atoms with van der Waals surface area (Å²) >= 11 is 0. The Morgan fingerprint density at radius 2 is 1.24 bits per heavy atom. The molecule has 1 aliphatic carbocycles. The predicted octanol–water partition coefficient (Wildman–Crippen LogP) is 1.11. The second-order valence-corrected chi connectivity index (χ2v) is 10.3. The van der Waals surface area contributed by atoms with Crippen molar-refractivity contribution in [2.75, 3.05) is 20.8 Å². The average Bonchev–Trinajstić information content (AvgIpc) is 2.84. The van der Waals surface area contributed by atoms with Crippen LogP contribution in [0.1, 0.15) is 25.0 Å². The van der Waals surface area contributed by atoms with Crippen molar-refractivity contribution in [3.05, 3.63) is 71.0 Å². The zero-order valence-electron chi connectivity index (χ0n) is 21.1. The van der Waals surface area contributed by atoms with Crippen LogP contribution in [0.4, 0.5) is 0 Å². The fourth-order valence-corrected chi connectivity index (χ4v) is 5.31. The van der Waals surface area contributed by atoms with Crippen molar-refractivity contribution >= 4 is 5.78 Å². The summed E-state index contributed by atoms with van der Waals surface area (Å²) in [5, 5.41) is 64.4. The van der Waals surface area contributed by atoms with Gasteiger partial charge in [0, 0.05) is 14.2 Å². The highest BCUT2D eigenvalue weighted by Crippen LogP contribution is 2.59. The van der Waals surface area contributed by atoms with Gasteiger partial charge in [-0.3, -0.25) is 4.79 Å². The predicted molar refractivity (Wildman–Crippen MR) is 129 cm³/mol. The summed E-state index contributed by atoms with van der Waals surface area (Å²) in [6.07, 6.45) is 0.160. The average molecular weight is 517 g/mol. The molecule has 1 heterocycles. The van der Waals surface area contributed by atoms with Gasteiger partial charge in [0.15, 0.2) is 11.5 Å². The summed E-state index contributed by atoms with van der Waals surface area (Å²) in [7, 11) is 2.24. The fraction of sp³-hybridized carbons (Fsp3) is 0.444. The molecule has 0 radical (unpaired) electrons. The number of aromatic hydroxyl groups is 2. The molecule has 0 saturated carbocycles. The number of hydrogen-bond donors (Lipinski definition) is 6. The van der Waals surface area contributed by atoms with Gasteiger partial charge < -0.3 is 44.8 Å². The Balaban J connectivity index is 1.94. The van der Waals surface area contributed by atoms with Crippen LogP contribution in [-0.4, -0.2) is 74.6 Å². The summed E-state index contributed by atoms with van der Waals surface area (Å²) in [5.41, 5.74) is -2.87. The second kappa shape index (κ2) is 8.80. The third kappa shape index (κ3) is 3.75. The molecule has 0 bridgehead atoms. The Hall–Kier alpha value is -2.99. The van der Waals surface area contributed by atoms with Crippen molar-refractivity contribution in [1.29, 1.82) is 0 Å². The zero-order chi connectivity index (χ0) is 27.4. The van der Waals surface area contributed by atoms with E-state index < -0.39 is 45.3 Å². The van der Waals surface area contributed by atoms with E-state index >= 15 is 0 Å². The standard InChI is InChI=1S/C27H32O10/c1-23(2)25(31,32)20-21(30)24(13-16-5-9-18(28)10-6-16,14-17-7-11-19(29)12-8-17)15-37-22(20)26(35-3,36-4)27(23,33)34/h5-12,28-29,31-34H,13-15H2,1-4H3. The van der Waals surface area contributed by atoms with E-state index in [2.05, 4.69) is 0 Å². The van der Waals surface area contributed by atoms with Gasteiger partial charge in [-0.15, -0.1) is 0 Å². The molecule has 200 valence electrons. The van der Waals surface area contributed by atoms with Crippen molar-refractivity contribution in [3.8, 4) is 11.5 Å². The molecule has 2 aliphatic rings. The van der Waals surface area contributed by atoms with E-state index in [4.69, 9.17) is 14.2 Å². The van der Waals surface area contributed by atoms with E-state index in [0.29, 0.717) is 11.1 Å². The van der Waals surface area contributed by atoms with Crippen LogP contribution in [0.25, 0.3) is 0 Å². The van der Waals surface area contributed by atoms with Gasteiger partial charge in [-0.2, -0.15) is 0 Å². The Morgan fingerprint density at radius 1 is 0.811 bits per heavy atom. The lowest BCUT2D eigenvalue weighted by molar-refractivity contribution is -0.443. The van der Waals surface area contributed by atoms with Crippen LogP contribution < -0.4 is 0 Å². The third-order valence-corrected chi connectivity index (χ3v) is 7.81. The van der Waals surface area contributed by atoms with Crippen LogP contribution in [0.15, 0.2) is 59.9 Å². The maximum atomic E-state index is 14.4. The van der Waals surface area contributed by atoms with Crippen molar-refractivity contribution < 1.29 is 49.6 Å². The highest BCUT2D eigenvalue weighted by atomic mass is 16.7. The van der Waals surface area contributed by atoms with Crippen molar-refractivity contribution in [3.63, 3.8) is 0 Å². The summed E-state index contributed by atoms with van der Waals surface area (Å²) in [5.74, 6) is -9.72. The number of ketones is 1. The quantitative estimate of drug-likeness (QED) is 0.306. The van der Waals surface area contributed by atoms with Gasteiger partial charge in [0.2, 0.25) is 11.6 Å². The van der Waals surface area contributed by atoms with Gasteiger partial charge in [0.25, 0.3) is 5.79 Å². The molecule has 10 nitrogen and oxygen atoms in total. The monoisotopic (exact) mass is 516 g/mol. The zero-order valence-corrected chi connectivity index (χ0v) is 21.1. The summed E-state index contributed by atoms with van der Waals surface area (Å²) < 4.78 is 16.8. The van der Waals surface area contributed by atoms with Gasteiger partial charge in [-0.1, -0.05) is 24.3 Å². The van der Waals surface area contributed by atoms with Gasteiger partial charge in [-0.25, -0.2) is 0 Å². The molecular weight excluding hydrogens is 484 g/mol. The SMILES string of the molecule is COC1(OC)C2=C(C(=O)C(Cc3ccc(O)cc3)(Cc3ccc(O)cc3)CO2)C(O)(O)C(C)(C)C1(O)O. The first-order valence-corrected chi connectivity index (χ1v) is 11.7. The number of benzene rings is 2. The molecule has 0 fully saturated rings. The topological polar surface area (TPSA) is 166 Å². The lowest BCUT2D eigenvalue weighted by Gasteiger charge is -2.59. The highest BCUT2D eigenvalue weighted by molar-refractivity contribution is 6.03. The second-order valence-electron chi connectivity index (χ2n) is 10.3. The maximum Gasteiger partial charge on any atom is 0.284 e. The molecule has 2 aromatic carbocycles. The van der Waals surface area contributed by atoms with Crippen LogP contribution in [-0.2, 0) is 31.8 Å². The van der Waals surface area contributed by atoms with Crippen LogP contribution in [0, 0.1) is 10.8 Å². The van der Waals surface area contributed by atoms with E-state index in [1.165, 1.54) is 24.3 Å². The lowest BCUT2D eigenvalue weighted by Crippen LogP contribution is -2.77. The number of carbonyl (C=O) groups is 1. The van der Waals surface area contributed by atoms with Crippen LogP contribution >= 0.6 is 0 Å². The van der Waals surface area contributed by atoms with Crippen molar-refractivity contribution in [2.45, 2.75) is 44.1 Å². The Bertz CT molecular complexity index is 1160. The Kier molecular flexibility index (Phi) is 6.43. The lowest BCUT2D eigenvalue weighted by atomic mass is 9.59. The van der Waals surface area contributed by atoms with Gasteiger partial charge >= 0.3 is 0 Å². The molecule has 0 saturated heterocycles. The smallest absolute Gasteiger partial charge is 0.284 e. The number of ether oxygens (including phenoxy) is 3. The molecule has 2 aromatic rings.